The Hall–Kier alpha value is -1.01. The van der Waals surface area contributed by atoms with E-state index in [0.29, 0.717) is 6.54 Å². The second-order valence-corrected chi connectivity index (χ2v) is 9.66. The predicted octanol–water partition coefficient (Wildman–Crippen LogP) is 4.35. The lowest BCUT2D eigenvalue weighted by atomic mass is 9.74. The highest BCUT2D eigenvalue weighted by atomic mass is 16.7. The van der Waals surface area contributed by atoms with E-state index >= 15 is 0 Å². The second-order valence-electron chi connectivity index (χ2n) is 9.66. The van der Waals surface area contributed by atoms with Crippen LogP contribution in [0.4, 0.5) is 4.79 Å². The molecule has 1 aliphatic heterocycles. The molecule has 2 aliphatic rings. The van der Waals surface area contributed by atoms with Crippen molar-refractivity contribution in [2.75, 3.05) is 6.54 Å². The maximum Gasteiger partial charge on any atom is 0.491 e. The molecule has 0 aromatic heterocycles. The normalized spacial score (nSPS) is 23.8. The van der Waals surface area contributed by atoms with E-state index in [-0.39, 0.29) is 11.6 Å². The largest absolute Gasteiger partial charge is 0.491 e. The van der Waals surface area contributed by atoms with Gasteiger partial charge in [-0.15, -0.1) is 6.58 Å². The topological polar surface area (TPSA) is 48.0 Å². The molecule has 0 N–H and O–H groups in total. The minimum atomic E-state index is -0.527. The standard InChI is InChI=1S/C19H34BNO4/c1-14(20-24-17(5,6)18(7,8)25-20)13-21(19(9)11-10-12-19)15(22)23-16(2,3)4/h1,10-13H2,2-9H3. The van der Waals surface area contributed by atoms with Crippen molar-refractivity contribution in [3.8, 4) is 0 Å². The van der Waals surface area contributed by atoms with E-state index in [9.17, 15) is 4.79 Å². The van der Waals surface area contributed by atoms with Crippen LogP contribution in [0.3, 0.4) is 0 Å². The van der Waals surface area contributed by atoms with Crippen molar-refractivity contribution in [1.29, 1.82) is 0 Å². The van der Waals surface area contributed by atoms with Gasteiger partial charge in [-0.1, -0.05) is 0 Å². The van der Waals surface area contributed by atoms with Gasteiger partial charge < -0.3 is 14.0 Å². The first-order valence-corrected chi connectivity index (χ1v) is 9.21. The van der Waals surface area contributed by atoms with Crippen LogP contribution in [0.5, 0.6) is 0 Å². The van der Waals surface area contributed by atoms with Crippen molar-refractivity contribution < 1.29 is 18.8 Å². The fourth-order valence-corrected chi connectivity index (χ4v) is 3.04. The molecule has 1 amide bonds. The molecule has 6 heteroatoms. The minimum absolute atomic E-state index is 0.186. The molecule has 25 heavy (non-hydrogen) atoms. The molecule has 1 aliphatic carbocycles. The van der Waals surface area contributed by atoms with Gasteiger partial charge in [-0.05, 0) is 80.1 Å². The molecule has 5 nitrogen and oxygen atoms in total. The summed E-state index contributed by atoms with van der Waals surface area (Å²) in [5.41, 5.74) is -0.802. The van der Waals surface area contributed by atoms with E-state index in [1.165, 1.54) is 0 Å². The fourth-order valence-electron chi connectivity index (χ4n) is 3.04. The zero-order valence-corrected chi connectivity index (χ0v) is 17.2. The Labute approximate surface area is 153 Å². The molecule has 0 radical (unpaired) electrons. The predicted molar refractivity (Wildman–Crippen MR) is 100 cm³/mol. The van der Waals surface area contributed by atoms with Crippen LogP contribution in [0.2, 0.25) is 0 Å². The third-order valence-corrected chi connectivity index (χ3v) is 5.64. The monoisotopic (exact) mass is 351 g/mol. The lowest BCUT2D eigenvalue weighted by Crippen LogP contribution is -2.56. The van der Waals surface area contributed by atoms with Crippen LogP contribution in [-0.4, -0.2) is 47.0 Å². The number of hydrogen-bond donors (Lipinski definition) is 0. The van der Waals surface area contributed by atoms with E-state index in [0.717, 1.165) is 24.7 Å². The molecule has 0 bridgehead atoms. The van der Waals surface area contributed by atoms with Crippen molar-refractivity contribution in [3.05, 3.63) is 12.1 Å². The Morgan fingerprint density at radius 3 is 1.96 bits per heavy atom. The van der Waals surface area contributed by atoms with Gasteiger partial charge in [0, 0.05) is 12.1 Å². The molecular formula is C19H34BNO4. The minimum Gasteiger partial charge on any atom is -0.444 e. The van der Waals surface area contributed by atoms with E-state index in [1.807, 2.05) is 48.5 Å². The third kappa shape index (κ3) is 4.22. The van der Waals surface area contributed by atoms with E-state index < -0.39 is 23.9 Å². The number of amides is 1. The van der Waals surface area contributed by atoms with Crippen molar-refractivity contribution in [3.63, 3.8) is 0 Å². The highest BCUT2D eigenvalue weighted by molar-refractivity contribution is 6.54. The summed E-state index contributed by atoms with van der Waals surface area (Å²) < 4.78 is 17.8. The van der Waals surface area contributed by atoms with Crippen molar-refractivity contribution in [2.45, 2.75) is 97.0 Å². The molecule has 0 atom stereocenters. The van der Waals surface area contributed by atoms with Crippen LogP contribution in [0.1, 0.15) is 74.7 Å². The quantitative estimate of drug-likeness (QED) is 0.707. The van der Waals surface area contributed by atoms with Gasteiger partial charge in [-0.3, -0.25) is 4.90 Å². The highest BCUT2D eigenvalue weighted by Crippen LogP contribution is 2.41. The Bertz CT molecular complexity index is 530. The summed E-state index contributed by atoms with van der Waals surface area (Å²) in [6, 6.07) is 0. The zero-order valence-electron chi connectivity index (χ0n) is 17.2. The number of ether oxygens (including phenoxy) is 1. The molecule has 142 valence electrons. The molecule has 0 aromatic carbocycles. The number of nitrogens with zero attached hydrogens (tertiary/aromatic N) is 1. The molecule has 2 rings (SSSR count). The fraction of sp³-hybridized carbons (Fsp3) is 0.842. The summed E-state index contributed by atoms with van der Waals surface area (Å²) >= 11 is 0. The summed E-state index contributed by atoms with van der Waals surface area (Å²) in [4.78, 5) is 14.6. The molecule has 0 spiro atoms. The van der Waals surface area contributed by atoms with Crippen LogP contribution in [-0.2, 0) is 14.0 Å². The summed E-state index contributed by atoms with van der Waals surface area (Å²) in [6.07, 6.45) is 2.78. The summed E-state index contributed by atoms with van der Waals surface area (Å²) in [5, 5.41) is 0. The van der Waals surface area contributed by atoms with Crippen LogP contribution in [0.25, 0.3) is 0 Å². The van der Waals surface area contributed by atoms with Gasteiger partial charge in [-0.2, -0.15) is 0 Å². The van der Waals surface area contributed by atoms with Gasteiger partial charge >= 0.3 is 13.2 Å². The van der Waals surface area contributed by atoms with Gasteiger partial charge in [0.25, 0.3) is 0 Å². The average molecular weight is 351 g/mol. The van der Waals surface area contributed by atoms with Crippen LogP contribution < -0.4 is 0 Å². The molecule has 0 aromatic rings. The summed E-state index contributed by atoms with van der Waals surface area (Å²) in [7, 11) is -0.515. The number of hydrogen-bond acceptors (Lipinski definition) is 4. The Morgan fingerprint density at radius 1 is 1.12 bits per heavy atom. The molecule has 0 unspecified atom stereocenters. The van der Waals surface area contributed by atoms with Crippen LogP contribution >= 0.6 is 0 Å². The summed E-state index contributed by atoms with van der Waals surface area (Å²) in [5.74, 6) is 0. The Kier molecular flexibility index (Phi) is 5.12. The maximum atomic E-state index is 12.8. The van der Waals surface area contributed by atoms with Gasteiger partial charge in [-0.25, -0.2) is 4.79 Å². The van der Waals surface area contributed by atoms with E-state index in [4.69, 9.17) is 14.0 Å². The lowest BCUT2D eigenvalue weighted by Gasteiger charge is -2.48. The summed E-state index contributed by atoms with van der Waals surface area (Å²) in [6.45, 7) is 20.3. The molecule has 2 fully saturated rings. The first-order chi connectivity index (χ1) is 11.2. The number of carbonyl (C=O) groups is 1. The highest BCUT2D eigenvalue weighted by Gasteiger charge is 2.53. The second kappa shape index (κ2) is 6.31. The SMILES string of the molecule is C=C(CN(C(=O)OC(C)(C)C)C1(C)CCC1)B1OC(C)(C)C(C)(C)O1. The average Bonchev–Trinajstić information content (AvgIpc) is 2.60. The smallest absolute Gasteiger partial charge is 0.444 e. The van der Waals surface area contributed by atoms with Crippen LogP contribution in [0.15, 0.2) is 12.1 Å². The Morgan fingerprint density at radius 2 is 1.60 bits per heavy atom. The Balaban J connectivity index is 2.12. The van der Waals surface area contributed by atoms with Crippen molar-refractivity contribution in [1.82, 2.24) is 4.90 Å². The van der Waals surface area contributed by atoms with Crippen molar-refractivity contribution >= 4 is 13.2 Å². The first-order valence-electron chi connectivity index (χ1n) is 9.21. The van der Waals surface area contributed by atoms with Gasteiger partial charge in [0.2, 0.25) is 0 Å². The van der Waals surface area contributed by atoms with E-state index in [1.54, 1.807) is 4.90 Å². The maximum absolute atomic E-state index is 12.8. The third-order valence-electron chi connectivity index (χ3n) is 5.64. The lowest BCUT2D eigenvalue weighted by molar-refractivity contribution is -0.0163. The van der Waals surface area contributed by atoms with Crippen LogP contribution in [0, 0.1) is 0 Å². The molecule has 1 heterocycles. The van der Waals surface area contributed by atoms with Gasteiger partial charge in [0.15, 0.2) is 0 Å². The molecule has 1 saturated heterocycles. The zero-order chi connectivity index (χ0) is 19.3. The molecule has 1 saturated carbocycles. The molecular weight excluding hydrogens is 317 g/mol. The van der Waals surface area contributed by atoms with E-state index in [2.05, 4.69) is 13.5 Å². The van der Waals surface area contributed by atoms with Crippen molar-refractivity contribution in [2.24, 2.45) is 0 Å². The number of carbonyl (C=O) groups excluding carboxylic acids is 1. The van der Waals surface area contributed by atoms with Gasteiger partial charge in [0.1, 0.15) is 5.60 Å². The number of rotatable bonds is 4. The van der Waals surface area contributed by atoms with Gasteiger partial charge in [0.05, 0.1) is 11.2 Å². The first kappa shape index (κ1) is 20.3.